The number of carbonyl (C=O) groups is 2. The maximum Gasteiger partial charge on any atom is 0.307 e. The van der Waals surface area contributed by atoms with E-state index in [9.17, 15) is 9.59 Å². The van der Waals surface area contributed by atoms with Crippen LogP contribution in [-0.4, -0.2) is 49.2 Å². The van der Waals surface area contributed by atoms with E-state index in [-0.39, 0.29) is 18.0 Å². The van der Waals surface area contributed by atoms with Gasteiger partial charge in [0.15, 0.2) is 0 Å². The zero-order valence-corrected chi connectivity index (χ0v) is 11.9. The molecule has 0 aromatic rings. The van der Waals surface area contributed by atoms with Crippen LogP contribution in [0.25, 0.3) is 0 Å². The van der Waals surface area contributed by atoms with Gasteiger partial charge < -0.3 is 9.47 Å². The Kier molecular flexibility index (Phi) is 9.28. The Morgan fingerprint density at radius 2 is 1.33 bits per heavy atom. The van der Waals surface area contributed by atoms with E-state index in [2.05, 4.69) is 4.90 Å². The van der Waals surface area contributed by atoms with Crippen LogP contribution in [-0.2, 0) is 19.1 Å². The number of nitrogens with zero attached hydrogens (tertiary/aromatic N) is 1. The van der Waals surface area contributed by atoms with Gasteiger partial charge in [-0.15, -0.1) is 0 Å². The van der Waals surface area contributed by atoms with Gasteiger partial charge in [-0.05, 0) is 27.7 Å². The minimum atomic E-state index is -0.195. The van der Waals surface area contributed by atoms with Crippen molar-refractivity contribution in [3.8, 4) is 0 Å². The number of hydrogen-bond donors (Lipinski definition) is 0. The highest BCUT2D eigenvalue weighted by Crippen LogP contribution is 2.03. The highest BCUT2D eigenvalue weighted by Gasteiger charge is 2.14. The van der Waals surface area contributed by atoms with Crippen molar-refractivity contribution in [2.24, 2.45) is 0 Å². The van der Waals surface area contributed by atoms with Crippen LogP contribution < -0.4 is 0 Å². The molecule has 0 N–H and O–H groups in total. The van der Waals surface area contributed by atoms with Crippen molar-refractivity contribution in [2.45, 2.75) is 46.6 Å². The number of carbonyl (C=O) groups excluding carboxylic acids is 2. The molecule has 0 unspecified atom stereocenters. The third-order valence-electron chi connectivity index (χ3n) is 2.55. The molecule has 0 bridgehead atoms. The number of ether oxygens (including phenoxy) is 2. The van der Waals surface area contributed by atoms with E-state index in [1.807, 2.05) is 13.8 Å². The predicted octanol–water partition coefficient (Wildman–Crippen LogP) is 1.60. The smallest absolute Gasteiger partial charge is 0.307 e. The van der Waals surface area contributed by atoms with Crippen LogP contribution in [0.2, 0.25) is 0 Å². The van der Waals surface area contributed by atoms with Crippen molar-refractivity contribution in [3.63, 3.8) is 0 Å². The summed E-state index contributed by atoms with van der Waals surface area (Å²) in [5.74, 6) is -0.390. The summed E-state index contributed by atoms with van der Waals surface area (Å²) in [5, 5.41) is 0. The molecule has 0 aromatic heterocycles. The maximum absolute atomic E-state index is 11.3. The summed E-state index contributed by atoms with van der Waals surface area (Å²) in [6.07, 6.45) is 0.712. The number of rotatable bonds is 9. The molecule has 0 aliphatic rings. The van der Waals surface area contributed by atoms with Gasteiger partial charge in [0.05, 0.1) is 26.1 Å². The molecular formula is C13H25NO4. The van der Waals surface area contributed by atoms with Gasteiger partial charge in [0.1, 0.15) is 0 Å². The van der Waals surface area contributed by atoms with Gasteiger partial charge in [0, 0.05) is 19.1 Å². The number of hydrogen-bond acceptors (Lipinski definition) is 5. The Morgan fingerprint density at radius 1 is 0.944 bits per heavy atom. The fraction of sp³-hybridized carbons (Fsp3) is 0.846. The molecule has 0 aliphatic heterocycles. The Bertz CT molecular complexity index is 231. The normalized spacial score (nSPS) is 10.8. The van der Waals surface area contributed by atoms with E-state index in [4.69, 9.17) is 9.47 Å². The monoisotopic (exact) mass is 259 g/mol. The Hall–Kier alpha value is -1.10. The quantitative estimate of drug-likeness (QED) is 0.589. The largest absolute Gasteiger partial charge is 0.466 e. The first-order valence-corrected chi connectivity index (χ1v) is 6.56. The van der Waals surface area contributed by atoms with Crippen molar-refractivity contribution in [2.75, 3.05) is 26.3 Å². The van der Waals surface area contributed by atoms with Crippen molar-refractivity contribution in [1.82, 2.24) is 4.90 Å². The fourth-order valence-corrected chi connectivity index (χ4v) is 1.56. The maximum atomic E-state index is 11.3. The molecule has 0 atom stereocenters. The Morgan fingerprint density at radius 3 is 1.61 bits per heavy atom. The minimum Gasteiger partial charge on any atom is -0.466 e. The van der Waals surface area contributed by atoms with Gasteiger partial charge in [-0.3, -0.25) is 14.5 Å². The van der Waals surface area contributed by atoms with Crippen molar-refractivity contribution in [1.29, 1.82) is 0 Å². The van der Waals surface area contributed by atoms with E-state index in [1.165, 1.54) is 0 Å². The lowest BCUT2D eigenvalue weighted by Crippen LogP contribution is -2.35. The lowest BCUT2D eigenvalue weighted by Gasteiger charge is -2.25. The first-order chi connectivity index (χ1) is 8.51. The summed E-state index contributed by atoms with van der Waals surface area (Å²) in [6.45, 7) is 9.68. The van der Waals surface area contributed by atoms with Gasteiger partial charge in [0.25, 0.3) is 0 Å². The average Bonchev–Trinajstić information content (AvgIpc) is 2.29. The zero-order valence-electron chi connectivity index (χ0n) is 11.9. The van der Waals surface area contributed by atoms with Crippen LogP contribution >= 0.6 is 0 Å². The van der Waals surface area contributed by atoms with E-state index < -0.39 is 0 Å². The summed E-state index contributed by atoms with van der Waals surface area (Å²) in [6, 6.07) is 0.286. The van der Waals surface area contributed by atoms with Crippen LogP contribution in [0.15, 0.2) is 0 Å². The van der Waals surface area contributed by atoms with E-state index in [1.54, 1.807) is 13.8 Å². The second-order valence-electron chi connectivity index (χ2n) is 4.24. The molecule has 5 nitrogen and oxygen atoms in total. The number of esters is 2. The SMILES string of the molecule is CCOC(=O)CCN(CCC(=O)OCC)C(C)C. The highest BCUT2D eigenvalue weighted by atomic mass is 16.5. The lowest BCUT2D eigenvalue weighted by atomic mass is 10.2. The van der Waals surface area contributed by atoms with Crippen LogP contribution in [0.3, 0.4) is 0 Å². The van der Waals surface area contributed by atoms with E-state index in [0.29, 0.717) is 39.1 Å². The van der Waals surface area contributed by atoms with Gasteiger partial charge in [-0.2, -0.15) is 0 Å². The first-order valence-electron chi connectivity index (χ1n) is 6.56. The molecule has 5 heteroatoms. The van der Waals surface area contributed by atoms with Gasteiger partial charge in [-0.25, -0.2) is 0 Å². The molecule has 0 spiro atoms. The topological polar surface area (TPSA) is 55.8 Å². The third-order valence-corrected chi connectivity index (χ3v) is 2.55. The highest BCUT2D eigenvalue weighted by molar-refractivity contribution is 5.70. The second-order valence-corrected chi connectivity index (χ2v) is 4.24. The van der Waals surface area contributed by atoms with Gasteiger partial charge in [0.2, 0.25) is 0 Å². The molecule has 0 saturated heterocycles. The van der Waals surface area contributed by atoms with E-state index in [0.717, 1.165) is 0 Å². The third kappa shape index (κ3) is 8.06. The van der Waals surface area contributed by atoms with Gasteiger partial charge >= 0.3 is 11.9 Å². The van der Waals surface area contributed by atoms with E-state index >= 15 is 0 Å². The van der Waals surface area contributed by atoms with Crippen LogP contribution in [0.4, 0.5) is 0 Å². The molecule has 0 aliphatic carbocycles. The summed E-state index contributed by atoms with van der Waals surface area (Å²) in [7, 11) is 0. The molecule has 0 fully saturated rings. The van der Waals surface area contributed by atoms with Crippen molar-refractivity contribution < 1.29 is 19.1 Å². The molecule has 0 saturated carbocycles. The Labute approximate surface area is 109 Å². The summed E-state index contributed by atoms with van der Waals surface area (Å²) in [4.78, 5) is 24.6. The minimum absolute atomic E-state index is 0.195. The van der Waals surface area contributed by atoms with Crippen LogP contribution in [0, 0.1) is 0 Å². The molecule has 0 heterocycles. The molecule has 106 valence electrons. The Balaban J connectivity index is 3.99. The first kappa shape index (κ1) is 16.9. The van der Waals surface area contributed by atoms with Crippen LogP contribution in [0.1, 0.15) is 40.5 Å². The summed E-state index contributed by atoms with van der Waals surface area (Å²) < 4.78 is 9.76. The fourth-order valence-electron chi connectivity index (χ4n) is 1.56. The molecule has 0 radical (unpaired) electrons. The van der Waals surface area contributed by atoms with Crippen molar-refractivity contribution in [3.05, 3.63) is 0 Å². The molecular weight excluding hydrogens is 234 g/mol. The lowest BCUT2D eigenvalue weighted by molar-refractivity contribution is -0.143. The molecule has 18 heavy (non-hydrogen) atoms. The summed E-state index contributed by atoms with van der Waals surface area (Å²) in [5.41, 5.74) is 0. The van der Waals surface area contributed by atoms with Crippen LogP contribution in [0.5, 0.6) is 0 Å². The summed E-state index contributed by atoms with van der Waals surface area (Å²) >= 11 is 0. The molecule has 0 amide bonds. The molecule has 0 rings (SSSR count). The zero-order chi connectivity index (χ0) is 14.0. The van der Waals surface area contributed by atoms with Gasteiger partial charge in [-0.1, -0.05) is 0 Å². The second kappa shape index (κ2) is 9.88. The molecule has 0 aromatic carbocycles. The standard InChI is InChI=1S/C13H25NO4/c1-5-17-12(15)7-9-14(11(3)4)10-8-13(16)18-6-2/h11H,5-10H2,1-4H3. The average molecular weight is 259 g/mol. The van der Waals surface area contributed by atoms with Crippen molar-refractivity contribution >= 4 is 11.9 Å². The predicted molar refractivity (Wildman–Crippen MR) is 69.2 cm³/mol.